The highest BCUT2D eigenvalue weighted by Gasteiger charge is 1.91. The molecule has 16 heavy (non-hydrogen) atoms. The van der Waals surface area contributed by atoms with E-state index in [2.05, 4.69) is 24.7 Å². The Morgan fingerprint density at radius 1 is 0.750 bits per heavy atom. The highest BCUT2D eigenvalue weighted by molar-refractivity contribution is 8.01. The molecule has 0 aliphatic heterocycles. The van der Waals surface area contributed by atoms with Gasteiger partial charge in [-0.05, 0) is 24.5 Å². The summed E-state index contributed by atoms with van der Waals surface area (Å²) in [5.41, 5.74) is 0. The highest BCUT2D eigenvalue weighted by Crippen LogP contribution is 2.11. The molecule has 0 rings (SSSR count). The first-order chi connectivity index (χ1) is 7.91. The summed E-state index contributed by atoms with van der Waals surface area (Å²) in [6, 6.07) is 0. The predicted molar refractivity (Wildman–Crippen MR) is 79.1 cm³/mol. The molecule has 0 radical (unpaired) electrons. The van der Waals surface area contributed by atoms with E-state index in [4.69, 9.17) is 0 Å². The molecule has 0 spiro atoms. The quantitative estimate of drug-likeness (QED) is 0.368. The van der Waals surface area contributed by atoms with Crippen LogP contribution in [0.25, 0.3) is 0 Å². The third-order valence-corrected chi connectivity index (χ3v) is 3.42. The van der Waals surface area contributed by atoms with E-state index >= 15 is 0 Å². The Morgan fingerprint density at radius 2 is 1.25 bits per heavy atom. The molecular weight excluding hydrogens is 212 g/mol. The van der Waals surface area contributed by atoms with E-state index in [0.717, 1.165) is 0 Å². The standard InChI is InChI=1S/C15H30S/c1-3-4-5-6-7-8-9-10-11-12-13-14-15-16-2/h14-15H,3-13H2,1-2H3. The molecule has 0 saturated carbocycles. The van der Waals surface area contributed by atoms with Gasteiger partial charge in [-0.3, -0.25) is 0 Å². The van der Waals surface area contributed by atoms with E-state index in [-0.39, 0.29) is 0 Å². The Hall–Kier alpha value is 0.0900. The van der Waals surface area contributed by atoms with Crippen LogP contribution in [0.1, 0.15) is 77.6 Å². The molecule has 0 fully saturated rings. The van der Waals surface area contributed by atoms with Crippen molar-refractivity contribution in [3.63, 3.8) is 0 Å². The number of thioether (sulfide) groups is 1. The second-order valence-electron chi connectivity index (χ2n) is 4.58. The van der Waals surface area contributed by atoms with Crippen molar-refractivity contribution in [1.29, 1.82) is 0 Å². The molecule has 0 aromatic heterocycles. The lowest BCUT2D eigenvalue weighted by molar-refractivity contribution is 0.557. The average molecular weight is 242 g/mol. The van der Waals surface area contributed by atoms with Gasteiger partial charge in [0.25, 0.3) is 0 Å². The Labute approximate surface area is 107 Å². The predicted octanol–water partition coefficient (Wildman–Crippen LogP) is 6.17. The summed E-state index contributed by atoms with van der Waals surface area (Å²) in [7, 11) is 0. The molecule has 0 atom stereocenters. The third-order valence-electron chi connectivity index (χ3n) is 2.96. The summed E-state index contributed by atoms with van der Waals surface area (Å²) in [5.74, 6) is 0. The first-order valence-electron chi connectivity index (χ1n) is 7.09. The minimum Gasteiger partial charge on any atom is -0.138 e. The molecule has 0 aromatic carbocycles. The Balaban J connectivity index is 2.90. The minimum absolute atomic E-state index is 1.28. The molecule has 0 heterocycles. The van der Waals surface area contributed by atoms with Crippen LogP contribution in [0, 0.1) is 0 Å². The van der Waals surface area contributed by atoms with Gasteiger partial charge in [0.2, 0.25) is 0 Å². The third kappa shape index (κ3) is 14.1. The molecule has 0 N–H and O–H groups in total. The van der Waals surface area contributed by atoms with Gasteiger partial charge >= 0.3 is 0 Å². The van der Waals surface area contributed by atoms with Gasteiger partial charge in [0.1, 0.15) is 0 Å². The molecule has 0 amide bonds. The zero-order valence-corrected chi connectivity index (χ0v) is 12.2. The van der Waals surface area contributed by atoms with Crippen LogP contribution < -0.4 is 0 Å². The smallest absolute Gasteiger partial charge is 0.0142 e. The first kappa shape index (κ1) is 16.1. The summed E-state index contributed by atoms with van der Waals surface area (Å²) >= 11 is 1.80. The maximum absolute atomic E-state index is 2.30. The molecule has 0 nitrogen and oxygen atoms in total. The van der Waals surface area contributed by atoms with Crippen molar-refractivity contribution < 1.29 is 0 Å². The number of unbranched alkanes of at least 4 members (excludes halogenated alkanes) is 10. The lowest BCUT2D eigenvalue weighted by atomic mass is 10.1. The maximum Gasteiger partial charge on any atom is -0.0142 e. The van der Waals surface area contributed by atoms with E-state index < -0.39 is 0 Å². The van der Waals surface area contributed by atoms with Crippen molar-refractivity contribution in [3.05, 3.63) is 11.5 Å². The van der Waals surface area contributed by atoms with E-state index in [0.29, 0.717) is 0 Å². The number of hydrogen-bond acceptors (Lipinski definition) is 1. The van der Waals surface area contributed by atoms with E-state index in [1.54, 1.807) is 11.8 Å². The van der Waals surface area contributed by atoms with Gasteiger partial charge in [0.05, 0.1) is 0 Å². The largest absolute Gasteiger partial charge is 0.138 e. The lowest BCUT2D eigenvalue weighted by Gasteiger charge is -2.01. The SMILES string of the molecule is CCCCCCCCCCCCC=CSC. The van der Waals surface area contributed by atoms with Crippen molar-refractivity contribution in [1.82, 2.24) is 0 Å². The Kier molecular flexibility index (Phi) is 15.2. The van der Waals surface area contributed by atoms with Crippen LogP contribution in [0.4, 0.5) is 0 Å². The van der Waals surface area contributed by atoms with Gasteiger partial charge in [-0.1, -0.05) is 70.8 Å². The van der Waals surface area contributed by atoms with E-state index in [1.807, 2.05) is 0 Å². The lowest BCUT2D eigenvalue weighted by Crippen LogP contribution is -1.81. The van der Waals surface area contributed by atoms with Gasteiger partial charge in [-0.25, -0.2) is 0 Å². The molecule has 0 saturated heterocycles. The highest BCUT2D eigenvalue weighted by atomic mass is 32.2. The fourth-order valence-corrected chi connectivity index (χ4v) is 2.24. The molecule has 0 aliphatic carbocycles. The van der Waals surface area contributed by atoms with Crippen molar-refractivity contribution in [3.8, 4) is 0 Å². The van der Waals surface area contributed by atoms with Crippen LogP contribution >= 0.6 is 11.8 Å². The van der Waals surface area contributed by atoms with Crippen molar-refractivity contribution in [2.75, 3.05) is 6.26 Å². The molecule has 1 heteroatoms. The monoisotopic (exact) mass is 242 g/mol. The second kappa shape index (κ2) is 15.1. The molecule has 96 valence electrons. The zero-order chi connectivity index (χ0) is 11.9. The summed E-state index contributed by atoms with van der Waals surface area (Å²) in [6.45, 7) is 2.28. The Bertz CT molecular complexity index is 140. The number of allylic oxidation sites excluding steroid dienone is 1. The maximum atomic E-state index is 2.30. The van der Waals surface area contributed by atoms with E-state index in [9.17, 15) is 0 Å². The number of rotatable bonds is 12. The fourth-order valence-electron chi connectivity index (χ4n) is 1.91. The molecule has 0 aliphatic rings. The second-order valence-corrected chi connectivity index (χ2v) is 5.32. The van der Waals surface area contributed by atoms with Crippen LogP contribution in [0.3, 0.4) is 0 Å². The summed E-state index contributed by atoms with van der Waals surface area (Å²) in [5, 5.41) is 2.20. The van der Waals surface area contributed by atoms with Crippen molar-refractivity contribution in [2.45, 2.75) is 77.6 Å². The van der Waals surface area contributed by atoms with Gasteiger partial charge < -0.3 is 0 Å². The average Bonchev–Trinajstić information content (AvgIpc) is 2.31. The fraction of sp³-hybridized carbons (Fsp3) is 0.867. The van der Waals surface area contributed by atoms with Gasteiger partial charge in [0, 0.05) is 0 Å². The topological polar surface area (TPSA) is 0 Å². The molecule has 0 unspecified atom stereocenters. The van der Waals surface area contributed by atoms with Crippen molar-refractivity contribution >= 4 is 11.8 Å². The Morgan fingerprint density at radius 3 is 1.75 bits per heavy atom. The van der Waals surface area contributed by atoms with Crippen LogP contribution in [0.15, 0.2) is 11.5 Å². The van der Waals surface area contributed by atoms with Gasteiger partial charge in [-0.15, -0.1) is 11.8 Å². The number of hydrogen-bond donors (Lipinski definition) is 0. The van der Waals surface area contributed by atoms with Crippen LogP contribution in [-0.4, -0.2) is 6.26 Å². The van der Waals surface area contributed by atoms with Gasteiger partial charge in [0.15, 0.2) is 0 Å². The zero-order valence-electron chi connectivity index (χ0n) is 11.3. The molecule has 0 aromatic rings. The van der Waals surface area contributed by atoms with Crippen molar-refractivity contribution in [2.24, 2.45) is 0 Å². The summed E-state index contributed by atoms with van der Waals surface area (Å²) in [4.78, 5) is 0. The molecule has 0 bridgehead atoms. The van der Waals surface area contributed by atoms with Crippen LogP contribution in [0.5, 0.6) is 0 Å². The summed E-state index contributed by atoms with van der Waals surface area (Å²) < 4.78 is 0. The summed E-state index contributed by atoms with van der Waals surface area (Å²) in [6.07, 6.45) is 20.0. The molecular formula is C15H30S. The van der Waals surface area contributed by atoms with Crippen LogP contribution in [0.2, 0.25) is 0 Å². The van der Waals surface area contributed by atoms with Crippen LogP contribution in [-0.2, 0) is 0 Å². The van der Waals surface area contributed by atoms with E-state index in [1.165, 1.54) is 70.6 Å². The van der Waals surface area contributed by atoms with Gasteiger partial charge in [-0.2, -0.15) is 0 Å². The minimum atomic E-state index is 1.28. The normalized spacial score (nSPS) is 11.4. The first-order valence-corrected chi connectivity index (χ1v) is 8.38.